The first-order chi connectivity index (χ1) is 14.4. The largest absolute Gasteiger partial charge is 0.271 e. The first-order valence-electron chi connectivity index (χ1n) is 9.85. The second-order valence-corrected chi connectivity index (χ2v) is 10.3. The van der Waals surface area contributed by atoms with E-state index in [-0.39, 0.29) is 16.3 Å². The van der Waals surface area contributed by atoms with Gasteiger partial charge in [-0.15, -0.1) is 11.8 Å². The molecule has 30 heavy (non-hydrogen) atoms. The number of carbonyl (C=O) groups excluding carboxylic acids is 1. The Labute approximate surface area is 179 Å². The minimum Gasteiger partial charge on any atom is -0.267 e. The number of amides is 1. The monoisotopic (exact) mass is 447 g/mol. The van der Waals surface area contributed by atoms with Gasteiger partial charge in [0.05, 0.1) is 10.6 Å². The molecule has 0 aromatic heterocycles. The van der Waals surface area contributed by atoms with Gasteiger partial charge in [0.15, 0.2) is 0 Å². The number of thioether (sulfide) groups is 1. The summed E-state index contributed by atoms with van der Waals surface area (Å²) in [4.78, 5) is 13.6. The van der Waals surface area contributed by atoms with Gasteiger partial charge >= 0.3 is 0 Å². The number of benzene rings is 2. The van der Waals surface area contributed by atoms with E-state index in [2.05, 4.69) is 10.5 Å². The maximum absolute atomic E-state index is 13.6. The van der Waals surface area contributed by atoms with E-state index >= 15 is 0 Å². The number of hydrogen-bond acceptors (Lipinski definition) is 5. The Morgan fingerprint density at radius 2 is 1.90 bits per heavy atom. The molecule has 1 fully saturated rings. The molecule has 0 saturated carbocycles. The highest BCUT2D eigenvalue weighted by molar-refractivity contribution is 7.99. The summed E-state index contributed by atoms with van der Waals surface area (Å²) in [6.45, 7) is 1.00. The maximum Gasteiger partial charge on any atom is 0.271 e. The van der Waals surface area contributed by atoms with Crippen LogP contribution in [0.5, 0.6) is 0 Å². The van der Waals surface area contributed by atoms with E-state index in [1.165, 1.54) is 28.6 Å². The van der Waals surface area contributed by atoms with Crippen molar-refractivity contribution < 1.29 is 17.6 Å². The van der Waals surface area contributed by atoms with Crippen molar-refractivity contribution in [3.05, 3.63) is 59.4 Å². The second-order valence-electron chi connectivity index (χ2n) is 7.23. The minimum atomic E-state index is -3.63. The molecule has 1 saturated heterocycles. The molecule has 158 valence electrons. The number of fused-ring (bicyclic) bond motifs is 1. The van der Waals surface area contributed by atoms with E-state index in [4.69, 9.17) is 0 Å². The zero-order valence-electron chi connectivity index (χ0n) is 16.3. The van der Waals surface area contributed by atoms with Crippen molar-refractivity contribution in [1.29, 1.82) is 0 Å². The van der Waals surface area contributed by atoms with E-state index < -0.39 is 15.9 Å². The van der Waals surface area contributed by atoms with Crippen LogP contribution in [0, 0.1) is 5.82 Å². The molecule has 2 aliphatic heterocycles. The van der Waals surface area contributed by atoms with Crippen LogP contribution in [0.3, 0.4) is 0 Å². The van der Waals surface area contributed by atoms with Crippen molar-refractivity contribution in [2.45, 2.75) is 35.5 Å². The quantitative estimate of drug-likeness (QED) is 0.726. The highest BCUT2D eigenvalue weighted by atomic mass is 32.2. The first-order valence-corrected chi connectivity index (χ1v) is 12.3. The number of rotatable bonds is 4. The molecule has 4 rings (SSSR count). The molecule has 2 heterocycles. The SMILES string of the molecule is O=C(N/N=C1/CCSc2ccc(F)cc21)c1cccc(S(=O)(=O)N2CCCCC2)c1. The summed E-state index contributed by atoms with van der Waals surface area (Å²) in [5.74, 6) is -0.0723. The number of hydrazone groups is 1. The number of nitrogens with one attached hydrogen (secondary N) is 1. The lowest BCUT2D eigenvalue weighted by atomic mass is 10.1. The Hall–Kier alpha value is -2.23. The summed E-state index contributed by atoms with van der Waals surface area (Å²) in [5.41, 5.74) is 3.99. The standard InChI is InChI=1S/C21H22FN3O3S2/c22-16-7-8-20-18(14-16)19(9-12-29-20)23-24-21(26)15-5-4-6-17(13-15)30(27,28)25-10-2-1-3-11-25/h4-8,13-14H,1-3,9-12H2,(H,24,26)/b23-19-. The smallest absolute Gasteiger partial charge is 0.267 e. The third-order valence-electron chi connectivity index (χ3n) is 5.19. The van der Waals surface area contributed by atoms with Gasteiger partial charge in [-0.25, -0.2) is 18.2 Å². The summed E-state index contributed by atoms with van der Waals surface area (Å²) in [7, 11) is -3.63. The molecule has 0 spiro atoms. The van der Waals surface area contributed by atoms with Crippen LogP contribution in [0.15, 0.2) is 57.4 Å². The predicted molar refractivity (Wildman–Crippen MR) is 115 cm³/mol. The fourth-order valence-electron chi connectivity index (χ4n) is 3.60. The molecule has 0 unspecified atom stereocenters. The number of nitrogens with zero attached hydrogens (tertiary/aromatic N) is 2. The van der Waals surface area contributed by atoms with Gasteiger partial charge in [0.2, 0.25) is 10.0 Å². The van der Waals surface area contributed by atoms with Crippen molar-refractivity contribution >= 4 is 33.4 Å². The lowest BCUT2D eigenvalue weighted by Gasteiger charge is -2.26. The summed E-state index contributed by atoms with van der Waals surface area (Å²) < 4.78 is 40.8. The zero-order valence-corrected chi connectivity index (χ0v) is 17.9. The molecular formula is C21H22FN3O3S2. The highest BCUT2D eigenvalue weighted by Crippen LogP contribution is 2.30. The first kappa shape index (κ1) is 21.0. The van der Waals surface area contributed by atoms with Crippen molar-refractivity contribution in [3.8, 4) is 0 Å². The van der Waals surface area contributed by atoms with Crippen LogP contribution in [0.1, 0.15) is 41.6 Å². The molecule has 0 radical (unpaired) electrons. The molecule has 0 aliphatic carbocycles. The van der Waals surface area contributed by atoms with Crippen molar-refractivity contribution in [2.24, 2.45) is 5.10 Å². The number of halogens is 1. The molecule has 9 heteroatoms. The van der Waals surface area contributed by atoms with Crippen molar-refractivity contribution in [3.63, 3.8) is 0 Å². The summed E-state index contributed by atoms with van der Waals surface area (Å²) in [6.07, 6.45) is 3.32. The number of hydrogen-bond donors (Lipinski definition) is 1. The molecular weight excluding hydrogens is 425 g/mol. The van der Waals surface area contributed by atoms with Gasteiger partial charge in [0, 0.05) is 41.3 Å². The Bertz CT molecular complexity index is 1100. The summed E-state index contributed by atoms with van der Waals surface area (Å²) in [5, 5.41) is 4.20. The third kappa shape index (κ3) is 4.43. The normalized spacial score (nSPS) is 18.8. The van der Waals surface area contributed by atoms with Crippen molar-refractivity contribution in [2.75, 3.05) is 18.8 Å². The Kier molecular flexibility index (Phi) is 6.21. The van der Waals surface area contributed by atoms with Gasteiger partial charge in [0.25, 0.3) is 5.91 Å². The van der Waals surface area contributed by atoms with E-state index in [1.807, 2.05) is 0 Å². The van der Waals surface area contributed by atoms with E-state index in [0.717, 1.165) is 29.9 Å². The number of sulfonamides is 1. The van der Waals surface area contributed by atoms with E-state index in [1.54, 1.807) is 30.0 Å². The van der Waals surface area contributed by atoms with E-state index in [0.29, 0.717) is 30.8 Å². The van der Waals surface area contributed by atoms with Crippen molar-refractivity contribution in [1.82, 2.24) is 9.73 Å². The van der Waals surface area contributed by atoms with Crippen LogP contribution in [-0.2, 0) is 10.0 Å². The Morgan fingerprint density at radius 3 is 2.70 bits per heavy atom. The Balaban J connectivity index is 1.53. The summed E-state index contributed by atoms with van der Waals surface area (Å²) >= 11 is 1.62. The molecule has 2 aromatic rings. The van der Waals surface area contributed by atoms with Gasteiger partial charge in [-0.3, -0.25) is 4.79 Å². The molecule has 0 bridgehead atoms. The molecule has 6 nitrogen and oxygen atoms in total. The molecule has 1 amide bonds. The van der Waals surface area contributed by atoms with Gasteiger partial charge in [-0.05, 0) is 49.2 Å². The zero-order chi connectivity index (χ0) is 21.1. The van der Waals surface area contributed by atoms with E-state index in [9.17, 15) is 17.6 Å². The van der Waals surface area contributed by atoms with Crippen LogP contribution in [-0.4, -0.2) is 43.2 Å². The maximum atomic E-state index is 13.6. The molecule has 2 aromatic carbocycles. The second kappa shape index (κ2) is 8.87. The molecule has 1 N–H and O–H groups in total. The average molecular weight is 448 g/mol. The van der Waals surface area contributed by atoms with Gasteiger partial charge in [-0.1, -0.05) is 12.5 Å². The minimum absolute atomic E-state index is 0.103. The molecule has 0 atom stereocenters. The Morgan fingerprint density at radius 1 is 1.10 bits per heavy atom. The van der Waals surface area contributed by atoms with Gasteiger partial charge < -0.3 is 0 Å². The molecule has 2 aliphatic rings. The van der Waals surface area contributed by atoms with Crippen LogP contribution in [0.4, 0.5) is 4.39 Å². The third-order valence-corrected chi connectivity index (χ3v) is 8.16. The number of piperidine rings is 1. The average Bonchev–Trinajstić information content (AvgIpc) is 2.78. The number of carbonyl (C=O) groups is 1. The summed E-state index contributed by atoms with van der Waals surface area (Å²) in [6, 6.07) is 10.5. The predicted octanol–water partition coefficient (Wildman–Crippen LogP) is 3.63. The lowest BCUT2D eigenvalue weighted by molar-refractivity contribution is 0.0954. The van der Waals surface area contributed by atoms with Crippen LogP contribution < -0.4 is 5.43 Å². The van der Waals surface area contributed by atoms with Crippen LogP contribution in [0.25, 0.3) is 0 Å². The fraction of sp³-hybridized carbons (Fsp3) is 0.333. The van der Waals surface area contributed by atoms with Gasteiger partial charge in [-0.2, -0.15) is 9.41 Å². The van der Waals surface area contributed by atoms with Crippen LogP contribution >= 0.6 is 11.8 Å². The van der Waals surface area contributed by atoms with Gasteiger partial charge in [0.1, 0.15) is 5.82 Å². The fourth-order valence-corrected chi connectivity index (χ4v) is 6.17. The highest BCUT2D eigenvalue weighted by Gasteiger charge is 2.26. The van der Waals surface area contributed by atoms with Crippen LogP contribution in [0.2, 0.25) is 0 Å². The lowest BCUT2D eigenvalue weighted by Crippen LogP contribution is -2.35. The topological polar surface area (TPSA) is 78.8 Å².